The summed E-state index contributed by atoms with van der Waals surface area (Å²) in [4.78, 5) is 29.5. The lowest BCUT2D eigenvalue weighted by Crippen LogP contribution is -2.27. The quantitative estimate of drug-likeness (QED) is 0.519. The van der Waals surface area contributed by atoms with Crippen LogP contribution < -0.4 is 0 Å². The molecule has 0 aliphatic carbocycles. The maximum atomic E-state index is 12.7. The smallest absolute Gasteiger partial charge is 0.273 e. The maximum Gasteiger partial charge on any atom is 0.273 e. The van der Waals surface area contributed by atoms with Crippen LogP contribution in [0.3, 0.4) is 0 Å². The summed E-state index contributed by atoms with van der Waals surface area (Å²) in [5.41, 5.74) is 2.68. The highest BCUT2D eigenvalue weighted by molar-refractivity contribution is 5.94. The number of nitro groups is 1. The summed E-state index contributed by atoms with van der Waals surface area (Å²) in [6.45, 7) is 4.75. The van der Waals surface area contributed by atoms with Crippen LogP contribution in [-0.4, -0.2) is 32.3 Å². The molecule has 0 N–H and O–H groups in total. The van der Waals surface area contributed by atoms with Gasteiger partial charge in [0.15, 0.2) is 0 Å². The molecule has 2 aromatic carbocycles. The number of hydrogen-bond acceptors (Lipinski definition) is 4. The van der Waals surface area contributed by atoms with E-state index in [1.54, 1.807) is 26.1 Å². The van der Waals surface area contributed by atoms with Crippen molar-refractivity contribution in [3.8, 4) is 0 Å². The van der Waals surface area contributed by atoms with Crippen molar-refractivity contribution in [2.75, 3.05) is 7.05 Å². The first kappa shape index (κ1) is 17.6. The second-order valence-electron chi connectivity index (χ2n) is 6.18. The number of nitrogens with zero attached hydrogens (tertiary/aromatic N) is 4. The van der Waals surface area contributed by atoms with Crippen LogP contribution in [0.2, 0.25) is 0 Å². The van der Waals surface area contributed by atoms with E-state index in [1.807, 2.05) is 31.2 Å². The van der Waals surface area contributed by atoms with Gasteiger partial charge in [-0.05, 0) is 32.0 Å². The van der Waals surface area contributed by atoms with Crippen molar-refractivity contribution < 1.29 is 9.72 Å². The molecular formula is C19H20N4O3. The average molecular weight is 352 g/mol. The number of carbonyl (C=O) groups is 1. The monoisotopic (exact) mass is 352 g/mol. The molecule has 0 atom stereocenters. The summed E-state index contributed by atoms with van der Waals surface area (Å²) in [6.07, 6.45) is 0. The molecule has 1 amide bonds. The Morgan fingerprint density at radius 1 is 1.27 bits per heavy atom. The zero-order chi connectivity index (χ0) is 18.8. The summed E-state index contributed by atoms with van der Waals surface area (Å²) in [6, 6.07) is 12.4. The first-order valence-electron chi connectivity index (χ1n) is 8.37. The van der Waals surface area contributed by atoms with E-state index in [0.29, 0.717) is 17.7 Å². The van der Waals surface area contributed by atoms with Gasteiger partial charge in [-0.3, -0.25) is 14.9 Å². The van der Waals surface area contributed by atoms with Crippen LogP contribution >= 0.6 is 0 Å². The second kappa shape index (κ2) is 6.95. The number of aryl methyl sites for hydroxylation is 2. The first-order valence-corrected chi connectivity index (χ1v) is 8.37. The lowest BCUT2D eigenvalue weighted by Gasteiger charge is -2.17. The number of benzene rings is 2. The molecule has 134 valence electrons. The number of imidazole rings is 1. The molecule has 0 radical (unpaired) electrons. The fourth-order valence-corrected chi connectivity index (χ4v) is 3.04. The van der Waals surface area contributed by atoms with Gasteiger partial charge in [-0.15, -0.1) is 0 Å². The Kier molecular flexibility index (Phi) is 4.71. The Labute approximate surface area is 151 Å². The zero-order valence-corrected chi connectivity index (χ0v) is 15.0. The highest BCUT2D eigenvalue weighted by atomic mass is 16.6. The molecule has 0 fully saturated rings. The minimum atomic E-state index is -0.470. The molecule has 7 heteroatoms. The summed E-state index contributed by atoms with van der Waals surface area (Å²) >= 11 is 0. The third-order valence-corrected chi connectivity index (χ3v) is 4.43. The fourth-order valence-electron chi connectivity index (χ4n) is 3.04. The molecule has 0 aliphatic heterocycles. The summed E-state index contributed by atoms with van der Waals surface area (Å²) in [5.74, 6) is 0.508. The lowest BCUT2D eigenvalue weighted by atomic mass is 10.1. The van der Waals surface area contributed by atoms with Gasteiger partial charge in [0.05, 0.1) is 22.5 Å². The molecule has 0 saturated heterocycles. The largest absolute Gasteiger partial charge is 0.334 e. The number of rotatable bonds is 5. The topological polar surface area (TPSA) is 81.3 Å². The molecule has 0 spiro atoms. The normalized spacial score (nSPS) is 10.9. The number of fused-ring (bicyclic) bond motifs is 1. The van der Waals surface area contributed by atoms with Crippen LogP contribution in [0.15, 0.2) is 42.5 Å². The second-order valence-corrected chi connectivity index (χ2v) is 6.18. The number of carbonyl (C=O) groups excluding carboxylic acids is 1. The van der Waals surface area contributed by atoms with Crippen molar-refractivity contribution in [1.82, 2.24) is 14.5 Å². The highest BCUT2D eigenvalue weighted by Gasteiger charge is 2.19. The van der Waals surface area contributed by atoms with Crippen LogP contribution in [0, 0.1) is 17.0 Å². The van der Waals surface area contributed by atoms with Gasteiger partial charge >= 0.3 is 0 Å². The van der Waals surface area contributed by atoms with Gasteiger partial charge in [0.1, 0.15) is 5.82 Å². The Morgan fingerprint density at radius 3 is 2.69 bits per heavy atom. The van der Waals surface area contributed by atoms with Crippen molar-refractivity contribution in [3.05, 3.63) is 69.5 Å². The third-order valence-electron chi connectivity index (χ3n) is 4.43. The van der Waals surface area contributed by atoms with E-state index in [-0.39, 0.29) is 11.6 Å². The number of amides is 1. The van der Waals surface area contributed by atoms with Crippen molar-refractivity contribution in [2.45, 2.75) is 26.9 Å². The van der Waals surface area contributed by atoms with Crippen LogP contribution in [0.25, 0.3) is 11.0 Å². The lowest BCUT2D eigenvalue weighted by molar-refractivity contribution is -0.385. The predicted molar refractivity (Wildman–Crippen MR) is 99.0 cm³/mol. The molecule has 0 saturated carbocycles. The summed E-state index contributed by atoms with van der Waals surface area (Å²) in [7, 11) is 1.67. The summed E-state index contributed by atoms with van der Waals surface area (Å²) in [5, 5.41) is 11.1. The molecule has 7 nitrogen and oxygen atoms in total. The zero-order valence-electron chi connectivity index (χ0n) is 15.0. The highest BCUT2D eigenvalue weighted by Crippen LogP contribution is 2.21. The molecule has 1 aromatic heterocycles. The molecule has 1 heterocycles. The molecule has 0 bridgehead atoms. The van der Waals surface area contributed by atoms with Gasteiger partial charge in [0, 0.05) is 30.8 Å². The van der Waals surface area contributed by atoms with E-state index in [1.165, 1.54) is 11.0 Å². The minimum Gasteiger partial charge on any atom is -0.334 e. The van der Waals surface area contributed by atoms with E-state index in [0.717, 1.165) is 23.4 Å². The van der Waals surface area contributed by atoms with Crippen molar-refractivity contribution in [3.63, 3.8) is 0 Å². The molecule has 3 rings (SSSR count). The van der Waals surface area contributed by atoms with Crippen LogP contribution in [0.5, 0.6) is 0 Å². The standard InChI is InChI=1S/C19H20N4O3/c1-4-22-16-8-6-5-7-15(16)20-18(22)12-21(3)19(24)14-10-9-13(2)17(11-14)23(25)26/h5-11H,4,12H2,1-3H3. The number of nitro benzene ring substituents is 1. The van der Waals surface area contributed by atoms with Gasteiger partial charge in [0.2, 0.25) is 0 Å². The average Bonchev–Trinajstić information content (AvgIpc) is 2.98. The molecule has 3 aromatic rings. The maximum absolute atomic E-state index is 12.7. The number of para-hydroxylation sites is 2. The Balaban J connectivity index is 1.89. The van der Waals surface area contributed by atoms with Crippen LogP contribution in [-0.2, 0) is 13.1 Å². The number of hydrogen-bond donors (Lipinski definition) is 0. The minimum absolute atomic E-state index is 0.0509. The summed E-state index contributed by atoms with van der Waals surface area (Å²) < 4.78 is 2.07. The molecule has 0 unspecified atom stereocenters. The number of aromatic nitrogens is 2. The van der Waals surface area contributed by atoms with Gasteiger partial charge in [-0.25, -0.2) is 4.98 Å². The Hall–Kier alpha value is -3.22. The van der Waals surface area contributed by atoms with Crippen molar-refractivity contribution in [2.24, 2.45) is 0 Å². The van der Waals surface area contributed by atoms with Gasteiger partial charge in [0.25, 0.3) is 11.6 Å². The van der Waals surface area contributed by atoms with E-state index >= 15 is 0 Å². The first-order chi connectivity index (χ1) is 12.4. The SMILES string of the molecule is CCn1c(CN(C)C(=O)c2ccc(C)c([N+](=O)[O-])c2)nc2ccccc21. The van der Waals surface area contributed by atoms with E-state index < -0.39 is 4.92 Å². The van der Waals surface area contributed by atoms with E-state index in [9.17, 15) is 14.9 Å². The molecular weight excluding hydrogens is 332 g/mol. The van der Waals surface area contributed by atoms with Gasteiger partial charge < -0.3 is 9.47 Å². The molecule has 26 heavy (non-hydrogen) atoms. The van der Waals surface area contributed by atoms with Crippen LogP contribution in [0.4, 0.5) is 5.69 Å². The predicted octanol–water partition coefficient (Wildman–Crippen LogP) is 3.55. The molecule has 0 aliphatic rings. The third kappa shape index (κ3) is 3.15. The van der Waals surface area contributed by atoms with Gasteiger partial charge in [-0.1, -0.05) is 18.2 Å². The van der Waals surface area contributed by atoms with E-state index in [2.05, 4.69) is 9.55 Å². The van der Waals surface area contributed by atoms with Crippen LogP contribution in [0.1, 0.15) is 28.7 Å². The Morgan fingerprint density at radius 2 is 2.00 bits per heavy atom. The Bertz CT molecular complexity index is 994. The fraction of sp³-hybridized carbons (Fsp3) is 0.263. The van der Waals surface area contributed by atoms with Crippen molar-refractivity contribution >= 4 is 22.6 Å². The van der Waals surface area contributed by atoms with Crippen molar-refractivity contribution in [1.29, 1.82) is 0 Å². The van der Waals surface area contributed by atoms with Gasteiger partial charge in [-0.2, -0.15) is 0 Å². The van der Waals surface area contributed by atoms with E-state index in [4.69, 9.17) is 0 Å².